The second-order valence-corrected chi connectivity index (χ2v) is 17.8. The third kappa shape index (κ3) is 4.77. The first-order chi connectivity index (χ1) is 31.6. The molecule has 0 aromatic heterocycles. The predicted octanol–water partition coefficient (Wildman–Crippen LogP) is 15.7. The molecule has 0 bridgehead atoms. The van der Waals surface area contributed by atoms with Gasteiger partial charge < -0.3 is 0 Å². The van der Waals surface area contributed by atoms with Gasteiger partial charge in [0, 0.05) is 35.9 Å². The highest BCUT2D eigenvalue weighted by Gasteiger charge is 2.54. The van der Waals surface area contributed by atoms with Gasteiger partial charge in [0.2, 0.25) is 0 Å². The van der Waals surface area contributed by atoms with Gasteiger partial charge in [0.1, 0.15) is 11.4 Å². The topological polar surface area (TPSA) is 0 Å². The maximum Gasteiger partial charge on any atom is 0.151 e. The van der Waals surface area contributed by atoms with E-state index in [0.29, 0.717) is 4.48 Å². The summed E-state index contributed by atoms with van der Waals surface area (Å²) < 4.78 is 0.454. The number of benzene rings is 10. The quantitative estimate of drug-likeness (QED) is 0.147. The highest BCUT2D eigenvalue weighted by molar-refractivity contribution is 6.00. The van der Waals surface area contributed by atoms with Crippen LogP contribution < -0.4 is 4.48 Å². The van der Waals surface area contributed by atoms with E-state index in [-0.39, 0.29) is 0 Å². The molecule has 1 atom stereocenters. The van der Waals surface area contributed by atoms with E-state index in [4.69, 9.17) is 0 Å². The molecule has 64 heavy (non-hydrogen) atoms. The summed E-state index contributed by atoms with van der Waals surface area (Å²) in [6, 6.07) is 93.4. The highest BCUT2D eigenvalue weighted by Crippen LogP contribution is 2.66. The van der Waals surface area contributed by atoms with Crippen molar-refractivity contribution in [3.05, 3.63) is 293 Å². The first-order valence-electron chi connectivity index (χ1n) is 22.5. The van der Waals surface area contributed by atoms with Crippen molar-refractivity contribution in [1.82, 2.24) is 4.48 Å². The SMILES string of the molecule is C[N+](c1ccc(-c2ccccc2)cc1)(c1ccc2c(c1)C(c1ccccc1)(c1ccccc1)c1ccccc1-2)c1cccc2c1-c1ccccc1C21c2ccccc2-c2ccccc21. The monoisotopic (exact) mass is 814 g/mol. The van der Waals surface area contributed by atoms with E-state index in [1.165, 1.54) is 106 Å². The van der Waals surface area contributed by atoms with Gasteiger partial charge in [-0.15, -0.1) is 0 Å². The summed E-state index contributed by atoms with van der Waals surface area (Å²) in [5.41, 5.74) is 23.4. The smallest absolute Gasteiger partial charge is 0.151 e. The second kappa shape index (κ2) is 13.8. The maximum atomic E-state index is 2.55. The molecule has 3 aliphatic rings. The van der Waals surface area contributed by atoms with Gasteiger partial charge in [-0.05, 0) is 102 Å². The molecule has 1 heteroatoms. The van der Waals surface area contributed by atoms with Crippen molar-refractivity contribution < 1.29 is 0 Å². The average molecular weight is 815 g/mol. The summed E-state index contributed by atoms with van der Waals surface area (Å²) in [5.74, 6) is 0. The minimum Gasteiger partial charge on any atom is -0.229 e. The van der Waals surface area contributed by atoms with Crippen LogP contribution in [0.4, 0.5) is 17.1 Å². The Morgan fingerprint density at radius 1 is 0.281 bits per heavy atom. The van der Waals surface area contributed by atoms with Crippen molar-refractivity contribution in [1.29, 1.82) is 0 Å². The summed E-state index contributed by atoms with van der Waals surface area (Å²) in [6.07, 6.45) is 0. The first kappa shape index (κ1) is 36.8. The number of fused-ring (bicyclic) bond motifs is 13. The molecule has 0 aliphatic heterocycles. The fourth-order valence-electron chi connectivity index (χ4n) is 12.2. The van der Waals surface area contributed by atoms with E-state index in [9.17, 15) is 0 Å². The molecule has 10 aromatic rings. The lowest BCUT2D eigenvalue weighted by Crippen LogP contribution is -2.35. The highest BCUT2D eigenvalue weighted by atomic mass is 15.3. The molecule has 0 radical (unpaired) electrons. The number of hydrogen-bond donors (Lipinski definition) is 0. The van der Waals surface area contributed by atoms with E-state index in [1.807, 2.05) is 0 Å². The number of nitrogens with zero attached hydrogens (tertiary/aromatic N) is 1. The van der Waals surface area contributed by atoms with Crippen LogP contribution in [-0.4, -0.2) is 7.05 Å². The van der Waals surface area contributed by atoms with Gasteiger partial charge in [0.05, 0.1) is 17.9 Å². The van der Waals surface area contributed by atoms with Gasteiger partial charge in [-0.25, -0.2) is 4.48 Å². The van der Waals surface area contributed by atoms with Gasteiger partial charge in [0.25, 0.3) is 0 Å². The summed E-state index contributed by atoms with van der Waals surface area (Å²) in [4.78, 5) is 0. The van der Waals surface area contributed by atoms with Crippen LogP contribution in [0.5, 0.6) is 0 Å². The number of hydrogen-bond acceptors (Lipinski definition) is 0. The van der Waals surface area contributed by atoms with E-state index in [0.717, 1.165) is 0 Å². The molecule has 10 aromatic carbocycles. The fraction of sp³-hybridized carbons (Fsp3) is 0.0476. The molecule has 0 saturated carbocycles. The van der Waals surface area contributed by atoms with Crippen LogP contribution in [0.2, 0.25) is 0 Å². The Bertz CT molecular complexity index is 3350. The summed E-state index contributed by atoms with van der Waals surface area (Å²) in [7, 11) is 2.42. The molecule has 0 fully saturated rings. The zero-order valence-corrected chi connectivity index (χ0v) is 35.6. The Morgan fingerprint density at radius 3 is 1.25 bits per heavy atom. The molecule has 3 aliphatic carbocycles. The van der Waals surface area contributed by atoms with Gasteiger partial charge in [-0.3, -0.25) is 0 Å². The lowest BCUT2D eigenvalue weighted by atomic mass is 9.67. The second-order valence-electron chi connectivity index (χ2n) is 17.8. The Labute approximate surface area is 375 Å². The zero-order valence-electron chi connectivity index (χ0n) is 35.6. The van der Waals surface area contributed by atoms with Gasteiger partial charge >= 0.3 is 0 Å². The normalized spacial score (nSPS) is 15.0. The molecular formula is C63H44N+. The Morgan fingerprint density at radius 2 is 0.688 bits per heavy atom. The molecule has 1 spiro atoms. The summed E-state index contributed by atoms with van der Waals surface area (Å²) in [6.45, 7) is 0. The minimum atomic E-state index is -0.529. The van der Waals surface area contributed by atoms with Crippen LogP contribution in [-0.2, 0) is 10.8 Å². The third-order valence-electron chi connectivity index (χ3n) is 14.9. The largest absolute Gasteiger partial charge is 0.229 e. The van der Waals surface area contributed by atoms with Crippen LogP contribution in [0.3, 0.4) is 0 Å². The third-order valence-corrected chi connectivity index (χ3v) is 14.9. The molecule has 0 amide bonds. The standard InChI is InChI=1S/C63H44N/c1-64(47-38-36-44(37-39-47)43-20-5-2-6-21-43,48-40-41-52-51-28-11-15-30-54(51)62(59(52)42-48,45-22-7-3-8-23-45)46-24-9-4-10-25-46)60-35-19-34-58-61(60)53-29-14-18-33-57(53)63(58)55-31-16-12-26-49(55)50-27-13-17-32-56(50)63/h2-42H,1H3/q+1. The fourth-order valence-corrected chi connectivity index (χ4v) is 12.2. The van der Waals surface area contributed by atoms with Crippen LogP contribution in [0.25, 0.3) is 44.5 Å². The van der Waals surface area contributed by atoms with Crippen molar-refractivity contribution in [2.75, 3.05) is 7.05 Å². The molecule has 0 N–H and O–H groups in total. The molecule has 13 rings (SSSR count). The van der Waals surface area contributed by atoms with E-state index >= 15 is 0 Å². The number of rotatable bonds is 6. The van der Waals surface area contributed by atoms with Crippen LogP contribution in [0.15, 0.2) is 249 Å². The van der Waals surface area contributed by atoms with Gasteiger partial charge in [-0.1, -0.05) is 200 Å². The minimum absolute atomic E-state index is 0.452. The Hall–Kier alpha value is -7.84. The van der Waals surface area contributed by atoms with Gasteiger partial charge in [0.15, 0.2) is 5.69 Å². The molecule has 1 unspecified atom stereocenters. The molecular weight excluding hydrogens is 771 g/mol. The average Bonchev–Trinajstić information content (AvgIpc) is 3.97. The Balaban J connectivity index is 1.12. The van der Waals surface area contributed by atoms with Gasteiger partial charge in [-0.2, -0.15) is 0 Å². The van der Waals surface area contributed by atoms with Crippen LogP contribution in [0.1, 0.15) is 44.5 Å². The predicted molar refractivity (Wildman–Crippen MR) is 265 cm³/mol. The zero-order chi connectivity index (χ0) is 42.5. The Kier molecular flexibility index (Phi) is 7.95. The lowest BCUT2D eigenvalue weighted by molar-refractivity contribution is 0.625. The van der Waals surface area contributed by atoms with Crippen LogP contribution in [0, 0.1) is 0 Å². The van der Waals surface area contributed by atoms with Crippen molar-refractivity contribution in [2.24, 2.45) is 0 Å². The maximum absolute atomic E-state index is 2.55. The lowest BCUT2D eigenvalue weighted by Gasteiger charge is -2.38. The molecule has 0 heterocycles. The van der Waals surface area contributed by atoms with E-state index in [1.54, 1.807) is 0 Å². The molecule has 0 saturated heterocycles. The van der Waals surface area contributed by atoms with Crippen molar-refractivity contribution in [3.8, 4) is 44.5 Å². The van der Waals surface area contributed by atoms with Crippen LogP contribution >= 0.6 is 0 Å². The van der Waals surface area contributed by atoms with Crippen molar-refractivity contribution in [3.63, 3.8) is 0 Å². The van der Waals surface area contributed by atoms with Crippen molar-refractivity contribution >= 4 is 17.1 Å². The van der Waals surface area contributed by atoms with E-state index < -0.39 is 10.8 Å². The summed E-state index contributed by atoms with van der Waals surface area (Å²) >= 11 is 0. The first-order valence-corrected chi connectivity index (χ1v) is 22.5. The van der Waals surface area contributed by atoms with E-state index in [2.05, 4.69) is 256 Å². The summed E-state index contributed by atoms with van der Waals surface area (Å²) in [5, 5.41) is 0. The molecule has 300 valence electrons. The number of quaternary nitrogens is 1. The van der Waals surface area contributed by atoms with Crippen molar-refractivity contribution in [2.45, 2.75) is 10.8 Å². The molecule has 1 nitrogen and oxygen atoms in total.